The zero-order chi connectivity index (χ0) is 15.7. The summed E-state index contributed by atoms with van der Waals surface area (Å²) in [4.78, 5) is 12.0. The Bertz CT molecular complexity index is 655. The Balaban J connectivity index is 2.22. The van der Waals surface area contributed by atoms with Crippen molar-refractivity contribution in [2.75, 3.05) is 0 Å². The van der Waals surface area contributed by atoms with Crippen LogP contribution in [0.2, 0.25) is 0 Å². The van der Waals surface area contributed by atoms with Crippen LogP contribution >= 0.6 is 0 Å². The lowest BCUT2D eigenvalue weighted by Crippen LogP contribution is -2.27. The summed E-state index contributed by atoms with van der Waals surface area (Å²) in [7, 11) is 0. The summed E-state index contributed by atoms with van der Waals surface area (Å²) < 4.78 is 44.1. The molecule has 1 amide bonds. The highest BCUT2D eigenvalue weighted by Gasteiger charge is 2.20. The van der Waals surface area contributed by atoms with Crippen molar-refractivity contribution in [2.45, 2.75) is 26.8 Å². The van der Waals surface area contributed by atoms with Crippen molar-refractivity contribution < 1.29 is 22.5 Å². The molecule has 1 aromatic carbocycles. The maximum Gasteiger partial charge on any atom is 0.251 e. The smallest absolute Gasteiger partial charge is 0.251 e. The van der Waals surface area contributed by atoms with E-state index in [0.717, 1.165) is 0 Å². The second kappa shape index (κ2) is 5.59. The molecule has 0 spiro atoms. The first-order chi connectivity index (χ1) is 9.81. The van der Waals surface area contributed by atoms with Gasteiger partial charge in [-0.05, 0) is 32.9 Å². The van der Waals surface area contributed by atoms with Crippen molar-refractivity contribution in [2.24, 2.45) is 0 Å². The Kier molecular flexibility index (Phi) is 4.02. The number of hydrogen-bond donors (Lipinski definition) is 1. The molecule has 0 aliphatic rings. The maximum absolute atomic E-state index is 13.1. The molecule has 1 N–H and O–H groups in total. The van der Waals surface area contributed by atoms with Crippen LogP contribution in [0, 0.1) is 31.3 Å². The average Bonchev–Trinajstić information content (AvgIpc) is 2.74. The van der Waals surface area contributed by atoms with Crippen LogP contribution in [0.1, 0.15) is 40.3 Å². The van der Waals surface area contributed by atoms with E-state index in [9.17, 15) is 18.0 Å². The molecular weight excluding hydrogens is 285 g/mol. The molecule has 0 fully saturated rings. The molecule has 2 rings (SSSR count). The van der Waals surface area contributed by atoms with Crippen molar-refractivity contribution >= 4 is 5.91 Å². The highest BCUT2D eigenvalue weighted by Crippen LogP contribution is 2.21. The normalized spacial score (nSPS) is 12.3. The Morgan fingerprint density at radius 3 is 2.29 bits per heavy atom. The van der Waals surface area contributed by atoms with Gasteiger partial charge in [0.05, 0.1) is 11.7 Å². The van der Waals surface area contributed by atoms with Gasteiger partial charge in [-0.3, -0.25) is 4.79 Å². The van der Waals surface area contributed by atoms with E-state index < -0.39 is 29.4 Å². The van der Waals surface area contributed by atoms with Gasteiger partial charge in [0, 0.05) is 11.1 Å². The van der Waals surface area contributed by atoms with Crippen LogP contribution in [-0.2, 0) is 0 Å². The second-order valence-corrected chi connectivity index (χ2v) is 4.69. The fourth-order valence-corrected chi connectivity index (χ4v) is 2.15. The summed E-state index contributed by atoms with van der Waals surface area (Å²) in [6, 6.07) is 0.821. The summed E-state index contributed by atoms with van der Waals surface area (Å²) in [5.41, 5.74) is 0.994. The number of carbonyl (C=O) groups is 1. The summed E-state index contributed by atoms with van der Waals surface area (Å²) in [6.45, 7) is 5.08. The molecule has 0 bridgehead atoms. The fourth-order valence-electron chi connectivity index (χ4n) is 2.15. The predicted octanol–water partition coefficient (Wildman–Crippen LogP) is 3.20. The number of rotatable bonds is 3. The van der Waals surface area contributed by atoms with E-state index in [1.54, 1.807) is 20.8 Å². The van der Waals surface area contributed by atoms with E-state index in [1.807, 2.05) is 0 Å². The molecule has 112 valence electrons. The quantitative estimate of drug-likeness (QED) is 0.885. The second-order valence-electron chi connectivity index (χ2n) is 4.69. The van der Waals surface area contributed by atoms with Crippen LogP contribution in [0.5, 0.6) is 0 Å². The lowest BCUT2D eigenvalue weighted by molar-refractivity contribution is 0.0938. The van der Waals surface area contributed by atoms with E-state index in [2.05, 4.69) is 10.5 Å². The summed E-state index contributed by atoms with van der Waals surface area (Å²) >= 11 is 0. The van der Waals surface area contributed by atoms with Gasteiger partial charge in [0.2, 0.25) is 0 Å². The number of halogens is 3. The minimum Gasteiger partial charge on any atom is -0.361 e. The molecule has 4 nitrogen and oxygen atoms in total. The summed E-state index contributed by atoms with van der Waals surface area (Å²) in [5, 5.41) is 6.32. The molecule has 0 saturated carbocycles. The number of hydrogen-bond acceptors (Lipinski definition) is 3. The van der Waals surface area contributed by atoms with Crippen molar-refractivity contribution in [1.29, 1.82) is 0 Å². The molecule has 1 atom stereocenters. The van der Waals surface area contributed by atoms with Crippen molar-refractivity contribution in [3.63, 3.8) is 0 Å². The SMILES string of the molecule is Cc1noc(C)c1C(C)NC(=O)c1cc(F)c(F)c(F)c1. The molecule has 0 saturated heterocycles. The molecule has 0 aliphatic heterocycles. The summed E-state index contributed by atoms with van der Waals surface area (Å²) in [5.74, 6) is -4.61. The Hall–Kier alpha value is -2.31. The largest absolute Gasteiger partial charge is 0.361 e. The van der Waals surface area contributed by atoms with E-state index in [-0.39, 0.29) is 5.56 Å². The third-order valence-electron chi connectivity index (χ3n) is 3.12. The van der Waals surface area contributed by atoms with Crippen LogP contribution in [0.25, 0.3) is 0 Å². The first-order valence-electron chi connectivity index (χ1n) is 6.19. The van der Waals surface area contributed by atoms with Gasteiger partial charge < -0.3 is 9.84 Å². The van der Waals surface area contributed by atoms with E-state index in [1.165, 1.54) is 0 Å². The van der Waals surface area contributed by atoms with E-state index in [4.69, 9.17) is 4.52 Å². The molecule has 7 heteroatoms. The molecular formula is C14H13F3N2O2. The number of aryl methyl sites for hydroxylation is 2. The number of aromatic nitrogens is 1. The van der Waals surface area contributed by atoms with Gasteiger partial charge in [-0.1, -0.05) is 5.16 Å². The molecule has 1 heterocycles. The highest BCUT2D eigenvalue weighted by atomic mass is 19.2. The molecule has 21 heavy (non-hydrogen) atoms. The fraction of sp³-hybridized carbons (Fsp3) is 0.286. The maximum atomic E-state index is 13.1. The number of amides is 1. The highest BCUT2D eigenvalue weighted by molar-refractivity contribution is 5.94. The number of carbonyl (C=O) groups excluding carboxylic acids is 1. The minimum absolute atomic E-state index is 0.301. The molecule has 2 aromatic rings. The third-order valence-corrected chi connectivity index (χ3v) is 3.12. The van der Waals surface area contributed by atoms with Crippen molar-refractivity contribution in [1.82, 2.24) is 10.5 Å². The number of nitrogens with one attached hydrogen (secondary N) is 1. The Morgan fingerprint density at radius 2 is 1.81 bits per heavy atom. The first-order valence-corrected chi connectivity index (χ1v) is 6.19. The predicted molar refractivity (Wildman–Crippen MR) is 68.2 cm³/mol. The molecule has 1 unspecified atom stereocenters. The van der Waals surface area contributed by atoms with Crippen LogP contribution in [0.15, 0.2) is 16.7 Å². The van der Waals surface area contributed by atoms with Gasteiger partial charge >= 0.3 is 0 Å². The van der Waals surface area contributed by atoms with Crippen molar-refractivity contribution in [3.8, 4) is 0 Å². The van der Waals surface area contributed by atoms with Crippen LogP contribution in [0.4, 0.5) is 13.2 Å². The number of benzene rings is 1. The van der Waals surface area contributed by atoms with Gasteiger partial charge in [-0.25, -0.2) is 13.2 Å². The van der Waals surface area contributed by atoms with Gasteiger partial charge in [0.25, 0.3) is 5.91 Å². The zero-order valence-corrected chi connectivity index (χ0v) is 11.6. The minimum atomic E-state index is -1.61. The Labute approximate surface area is 118 Å². The topological polar surface area (TPSA) is 55.1 Å². The monoisotopic (exact) mass is 298 g/mol. The van der Waals surface area contributed by atoms with Gasteiger partial charge in [0.15, 0.2) is 17.5 Å². The van der Waals surface area contributed by atoms with Gasteiger partial charge in [-0.2, -0.15) is 0 Å². The van der Waals surface area contributed by atoms with Gasteiger partial charge in [0.1, 0.15) is 5.76 Å². The van der Waals surface area contributed by atoms with Crippen molar-refractivity contribution in [3.05, 3.63) is 52.2 Å². The van der Waals surface area contributed by atoms with E-state index in [0.29, 0.717) is 29.2 Å². The standard InChI is InChI=1S/C14H13F3N2O2/c1-6(12-7(2)19-21-8(12)3)18-14(20)9-4-10(15)13(17)11(16)5-9/h4-6H,1-3H3,(H,18,20). The van der Waals surface area contributed by atoms with Crippen LogP contribution < -0.4 is 5.32 Å². The van der Waals surface area contributed by atoms with E-state index >= 15 is 0 Å². The number of nitrogens with zero attached hydrogens (tertiary/aromatic N) is 1. The molecule has 1 aromatic heterocycles. The zero-order valence-electron chi connectivity index (χ0n) is 11.6. The first kappa shape index (κ1) is 15.1. The lowest BCUT2D eigenvalue weighted by Gasteiger charge is -2.14. The Morgan fingerprint density at radius 1 is 1.24 bits per heavy atom. The average molecular weight is 298 g/mol. The summed E-state index contributed by atoms with van der Waals surface area (Å²) in [6.07, 6.45) is 0. The third kappa shape index (κ3) is 2.91. The molecule has 0 aliphatic carbocycles. The van der Waals surface area contributed by atoms with Gasteiger partial charge in [-0.15, -0.1) is 0 Å². The molecule has 0 radical (unpaired) electrons. The van der Waals surface area contributed by atoms with Crippen LogP contribution in [-0.4, -0.2) is 11.1 Å². The van der Waals surface area contributed by atoms with Crippen LogP contribution in [0.3, 0.4) is 0 Å². The lowest BCUT2D eigenvalue weighted by atomic mass is 10.1.